The zero-order chi connectivity index (χ0) is 19.3. The summed E-state index contributed by atoms with van der Waals surface area (Å²) in [6, 6.07) is 12.3. The molecule has 0 spiro atoms. The van der Waals surface area contributed by atoms with Crippen molar-refractivity contribution >= 4 is 17.6 Å². The number of aryl methyl sites for hydroxylation is 1. The number of carbonyl (C=O) groups is 2. The normalized spacial score (nSPS) is 11.9. The number of carbonyl (C=O) groups excluding carboxylic acids is 2. The van der Waals surface area contributed by atoms with Crippen LogP contribution in [0.5, 0.6) is 0 Å². The van der Waals surface area contributed by atoms with Gasteiger partial charge in [0.15, 0.2) is 6.10 Å². The largest absolute Gasteiger partial charge is 0.449 e. The summed E-state index contributed by atoms with van der Waals surface area (Å²) in [4.78, 5) is 24.7. The molecular formula is C21H25NO4. The molecule has 26 heavy (non-hydrogen) atoms. The first-order chi connectivity index (χ1) is 12.3. The number of anilines is 1. The van der Waals surface area contributed by atoms with Crippen molar-refractivity contribution in [1.29, 1.82) is 0 Å². The van der Waals surface area contributed by atoms with Crippen molar-refractivity contribution in [2.75, 3.05) is 5.32 Å². The molecule has 0 aliphatic rings. The summed E-state index contributed by atoms with van der Waals surface area (Å²) < 4.78 is 5.27. The van der Waals surface area contributed by atoms with Crippen molar-refractivity contribution in [2.24, 2.45) is 0 Å². The quantitative estimate of drug-likeness (QED) is 0.773. The van der Waals surface area contributed by atoms with Crippen LogP contribution in [0.1, 0.15) is 53.7 Å². The van der Waals surface area contributed by atoms with Crippen LogP contribution in [-0.2, 0) is 16.1 Å². The summed E-state index contributed by atoms with van der Waals surface area (Å²) in [5, 5.41) is 11.9. The van der Waals surface area contributed by atoms with Crippen LogP contribution in [0.4, 0.5) is 5.69 Å². The third-order valence-corrected chi connectivity index (χ3v) is 4.20. The van der Waals surface area contributed by atoms with Crippen LogP contribution in [0.25, 0.3) is 0 Å². The van der Waals surface area contributed by atoms with Gasteiger partial charge in [-0.1, -0.05) is 44.2 Å². The fourth-order valence-corrected chi connectivity index (χ4v) is 2.60. The van der Waals surface area contributed by atoms with Gasteiger partial charge in [-0.15, -0.1) is 0 Å². The lowest BCUT2D eigenvalue weighted by Crippen LogP contribution is -2.30. The first-order valence-corrected chi connectivity index (χ1v) is 8.64. The summed E-state index contributed by atoms with van der Waals surface area (Å²) in [6.07, 6.45) is -0.931. The maximum atomic E-state index is 12.5. The molecular weight excluding hydrogens is 330 g/mol. The van der Waals surface area contributed by atoms with Crippen molar-refractivity contribution < 1.29 is 19.4 Å². The van der Waals surface area contributed by atoms with E-state index in [2.05, 4.69) is 19.2 Å². The Morgan fingerprint density at radius 2 is 1.73 bits per heavy atom. The summed E-state index contributed by atoms with van der Waals surface area (Å²) in [7, 11) is 0. The van der Waals surface area contributed by atoms with Gasteiger partial charge in [-0.25, -0.2) is 4.79 Å². The second-order valence-electron chi connectivity index (χ2n) is 6.59. The van der Waals surface area contributed by atoms with Crippen LogP contribution in [0.15, 0.2) is 42.5 Å². The van der Waals surface area contributed by atoms with Crippen LogP contribution in [-0.4, -0.2) is 23.1 Å². The van der Waals surface area contributed by atoms with Crippen molar-refractivity contribution in [3.05, 3.63) is 64.7 Å². The van der Waals surface area contributed by atoms with E-state index in [0.29, 0.717) is 11.1 Å². The van der Waals surface area contributed by atoms with Gasteiger partial charge in [0.05, 0.1) is 12.2 Å². The molecule has 2 aromatic rings. The Balaban J connectivity index is 2.07. The fraction of sp³-hybridized carbons (Fsp3) is 0.333. The van der Waals surface area contributed by atoms with Gasteiger partial charge < -0.3 is 15.2 Å². The average molecular weight is 355 g/mol. The second-order valence-corrected chi connectivity index (χ2v) is 6.59. The minimum absolute atomic E-state index is 0.0945. The number of para-hydroxylation sites is 1. The molecule has 0 aliphatic carbocycles. The Morgan fingerprint density at radius 3 is 2.31 bits per heavy atom. The second kappa shape index (κ2) is 8.63. The van der Waals surface area contributed by atoms with Crippen molar-refractivity contribution in [3.63, 3.8) is 0 Å². The molecule has 0 fully saturated rings. The smallest absolute Gasteiger partial charge is 0.338 e. The summed E-state index contributed by atoms with van der Waals surface area (Å²) in [5.74, 6) is -0.694. The Kier molecular flexibility index (Phi) is 6.52. The molecule has 0 saturated heterocycles. The van der Waals surface area contributed by atoms with Crippen LogP contribution in [0, 0.1) is 6.92 Å². The van der Waals surface area contributed by atoms with Crippen molar-refractivity contribution in [2.45, 2.75) is 46.3 Å². The summed E-state index contributed by atoms with van der Waals surface area (Å²) >= 11 is 0. The molecule has 5 heteroatoms. The Labute approximate surface area is 154 Å². The molecule has 2 aromatic carbocycles. The lowest BCUT2D eigenvalue weighted by Gasteiger charge is -2.19. The van der Waals surface area contributed by atoms with Gasteiger partial charge in [-0.2, -0.15) is 0 Å². The average Bonchev–Trinajstić information content (AvgIpc) is 2.62. The highest BCUT2D eigenvalue weighted by atomic mass is 16.5. The molecule has 2 N–H and O–H groups in total. The number of hydrogen-bond donors (Lipinski definition) is 2. The number of ether oxygens (including phenoxy) is 1. The fourth-order valence-electron chi connectivity index (χ4n) is 2.60. The van der Waals surface area contributed by atoms with Crippen LogP contribution in [0.2, 0.25) is 0 Å². The van der Waals surface area contributed by atoms with Gasteiger partial charge in [0.25, 0.3) is 5.91 Å². The van der Waals surface area contributed by atoms with Crippen LogP contribution in [0.3, 0.4) is 0 Å². The molecule has 1 amide bonds. The zero-order valence-electron chi connectivity index (χ0n) is 15.6. The first kappa shape index (κ1) is 19.7. The molecule has 0 radical (unpaired) electrons. The Hall–Kier alpha value is -2.66. The summed E-state index contributed by atoms with van der Waals surface area (Å²) in [6.45, 7) is 7.50. The molecule has 0 bridgehead atoms. The number of nitrogens with one attached hydrogen (secondary N) is 1. The van der Waals surface area contributed by atoms with E-state index in [0.717, 1.165) is 16.8 Å². The minimum atomic E-state index is -0.931. The molecule has 0 aromatic heterocycles. The van der Waals surface area contributed by atoms with Crippen LogP contribution < -0.4 is 5.32 Å². The van der Waals surface area contributed by atoms with E-state index in [1.54, 1.807) is 31.2 Å². The van der Waals surface area contributed by atoms with E-state index in [1.807, 2.05) is 25.1 Å². The van der Waals surface area contributed by atoms with E-state index in [9.17, 15) is 9.59 Å². The highest BCUT2D eigenvalue weighted by molar-refractivity contribution is 5.98. The number of rotatable bonds is 6. The van der Waals surface area contributed by atoms with E-state index in [1.165, 1.54) is 0 Å². The van der Waals surface area contributed by atoms with Crippen LogP contribution >= 0.6 is 0 Å². The highest BCUT2D eigenvalue weighted by Crippen LogP contribution is 2.27. The molecule has 2 rings (SSSR count). The number of hydrogen-bond acceptors (Lipinski definition) is 4. The Bertz CT molecular complexity index is 781. The molecule has 5 nitrogen and oxygen atoms in total. The van der Waals surface area contributed by atoms with Gasteiger partial charge in [-0.05, 0) is 48.6 Å². The third kappa shape index (κ3) is 4.70. The zero-order valence-corrected chi connectivity index (χ0v) is 15.6. The van der Waals surface area contributed by atoms with Crippen molar-refractivity contribution in [3.8, 4) is 0 Å². The summed E-state index contributed by atoms with van der Waals surface area (Å²) in [5.41, 5.74) is 3.80. The maximum absolute atomic E-state index is 12.5. The first-order valence-electron chi connectivity index (χ1n) is 8.64. The monoisotopic (exact) mass is 355 g/mol. The number of aliphatic hydroxyl groups excluding tert-OH is 1. The molecule has 0 saturated carbocycles. The van der Waals surface area contributed by atoms with E-state index >= 15 is 0 Å². The van der Waals surface area contributed by atoms with E-state index < -0.39 is 12.1 Å². The lowest BCUT2D eigenvalue weighted by atomic mass is 9.98. The number of aliphatic hydroxyl groups is 1. The molecule has 1 atom stereocenters. The molecule has 0 heterocycles. The minimum Gasteiger partial charge on any atom is -0.449 e. The predicted octanol–water partition coefficient (Wildman–Crippen LogP) is 3.79. The molecule has 0 aliphatic heterocycles. The van der Waals surface area contributed by atoms with Crippen molar-refractivity contribution in [1.82, 2.24) is 0 Å². The number of benzene rings is 2. The molecule has 138 valence electrons. The number of esters is 1. The SMILES string of the molecule is Cc1cccc(C(C)C)c1NC(=O)[C@H](C)OC(=O)c1ccc(CO)cc1. The van der Waals surface area contributed by atoms with Gasteiger partial charge in [0, 0.05) is 5.69 Å². The third-order valence-electron chi connectivity index (χ3n) is 4.20. The highest BCUT2D eigenvalue weighted by Gasteiger charge is 2.21. The maximum Gasteiger partial charge on any atom is 0.338 e. The predicted molar refractivity (Wildman–Crippen MR) is 101 cm³/mol. The van der Waals surface area contributed by atoms with E-state index in [4.69, 9.17) is 9.84 Å². The standard InChI is InChI=1S/C21H25NO4/c1-13(2)18-7-5-6-14(3)19(18)22-20(24)15(4)26-21(25)17-10-8-16(12-23)9-11-17/h5-11,13,15,23H,12H2,1-4H3,(H,22,24)/t15-/m0/s1. The lowest BCUT2D eigenvalue weighted by molar-refractivity contribution is -0.123. The van der Waals surface area contributed by atoms with Gasteiger partial charge in [-0.3, -0.25) is 4.79 Å². The Morgan fingerprint density at radius 1 is 1.08 bits per heavy atom. The van der Waals surface area contributed by atoms with Gasteiger partial charge in [0.2, 0.25) is 0 Å². The van der Waals surface area contributed by atoms with Gasteiger partial charge >= 0.3 is 5.97 Å². The number of amides is 1. The van der Waals surface area contributed by atoms with Gasteiger partial charge in [0.1, 0.15) is 0 Å². The van der Waals surface area contributed by atoms with E-state index in [-0.39, 0.29) is 18.4 Å². The molecule has 0 unspecified atom stereocenters. The topological polar surface area (TPSA) is 75.6 Å².